The van der Waals surface area contributed by atoms with Crippen LogP contribution in [-0.2, 0) is 6.54 Å². The summed E-state index contributed by atoms with van der Waals surface area (Å²) in [7, 11) is 0. The summed E-state index contributed by atoms with van der Waals surface area (Å²) in [6.07, 6.45) is 1.54. The first-order valence-corrected chi connectivity index (χ1v) is 6.77. The van der Waals surface area contributed by atoms with Gasteiger partial charge in [0.15, 0.2) is 5.76 Å². The van der Waals surface area contributed by atoms with E-state index in [1.807, 2.05) is 20.8 Å². The molecule has 6 nitrogen and oxygen atoms in total. The van der Waals surface area contributed by atoms with Crippen molar-refractivity contribution < 1.29 is 9.34 Å². The number of hydrogen-bond acceptors (Lipinski definition) is 5. The summed E-state index contributed by atoms with van der Waals surface area (Å²) in [4.78, 5) is 14.5. The lowest BCUT2D eigenvalue weighted by molar-refractivity contribution is -0.384. The van der Waals surface area contributed by atoms with Gasteiger partial charge in [-0.1, -0.05) is 11.6 Å². The highest BCUT2D eigenvalue weighted by Gasteiger charge is 2.15. The molecular weight excluding hydrogens is 294 g/mol. The van der Waals surface area contributed by atoms with Gasteiger partial charge >= 0.3 is 0 Å². The van der Waals surface area contributed by atoms with Gasteiger partial charge < -0.3 is 9.73 Å². The molecule has 2 aromatic rings. The second-order valence-corrected chi connectivity index (χ2v) is 6.11. The smallest absolute Gasteiger partial charge is 0.271 e. The molecule has 7 heteroatoms. The van der Waals surface area contributed by atoms with Crippen LogP contribution in [-0.4, -0.2) is 15.4 Å². The quantitative estimate of drug-likeness (QED) is 0.686. The van der Waals surface area contributed by atoms with Crippen molar-refractivity contribution in [3.05, 3.63) is 45.4 Å². The summed E-state index contributed by atoms with van der Waals surface area (Å²) >= 11 is 5.89. The van der Waals surface area contributed by atoms with Gasteiger partial charge in [-0.15, -0.1) is 0 Å². The van der Waals surface area contributed by atoms with Crippen LogP contribution in [0.2, 0.25) is 5.02 Å². The fraction of sp³-hybridized carbons (Fsp3) is 0.357. The van der Waals surface area contributed by atoms with Crippen LogP contribution in [0.1, 0.15) is 26.7 Å². The van der Waals surface area contributed by atoms with E-state index in [2.05, 4.69) is 10.3 Å². The van der Waals surface area contributed by atoms with Crippen molar-refractivity contribution in [2.45, 2.75) is 32.9 Å². The number of nitro benzene ring substituents is 1. The first kappa shape index (κ1) is 15.5. The van der Waals surface area contributed by atoms with Crippen LogP contribution in [0.25, 0.3) is 11.3 Å². The molecule has 0 spiro atoms. The Morgan fingerprint density at radius 3 is 2.71 bits per heavy atom. The van der Waals surface area contributed by atoms with Gasteiger partial charge in [-0.25, -0.2) is 4.98 Å². The number of halogens is 1. The Morgan fingerprint density at radius 2 is 2.10 bits per heavy atom. The fourth-order valence-corrected chi connectivity index (χ4v) is 1.92. The summed E-state index contributed by atoms with van der Waals surface area (Å²) in [5.74, 6) is 0.967. The van der Waals surface area contributed by atoms with E-state index >= 15 is 0 Å². The maximum Gasteiger partial charge on any atom is 0.271 e. The molecular formula is C14H16ClN3O3. The van der Waals surface area contributed by atoms with E-state index in [1.54, 1.807) is 6.07 Å². The number of benzene rings is 1. The summed E-state index contributed by atoms with van der Waals surface area (Å²) < 4.78 is 5.60. The maximum absolute atomic E-state index is 10.8. The predicted octanol–water partition coefficient (Wildman–Crippen LogP) is 3.79. The second kappa shape index (κ2) is 5.83. The Labute approximate surface area is 127 Å². The number of nitro groups is 1. The van der Waals surface area contributed by atoms with E-state index in [1.165, 1.54) is 18.3 Å². The molecule has 0 unspecified atom stereocenters. The SMILES string of the molecule is CC(C)(C)NCc1ncc(-c2cc(Cl)cc([N+](=O)[O-])c2)o1. The molecule has 0 saturated heterocycles. The van der Waals surface area contributed by atoms with Gasteiger partial charge in [-0.05, 0) is 26.8 Å². The van der Waals surface area contributed by atoms with Crippen LogP contribution < -0.4 is 5.32 Å². The Hall–Kier alpha value is -1.92. The zero-order valence-corrected chi connectivity index (χ0v) is 12.8. The van der Waals surface area contributed by atoms with Gasteiger partial charge in [0.25, 0.3) is 5.69 Å². The number of nitrogens with zero attached hydrogens (tertiary/aromatic N) is 2. The van der Waals surface area contributed by atoms with Crippen molar-refractivity contribution in [3.63, 3.8) is 0 Å². The average molecular weight is 310 g/mol. The zero-order chi connectivity index (χ0) is 15.6. The number of oxazole rings is 1. The third-order valence-corrected chi connectivity index (χ3v) is 2.92. The molecule has 112 valence electrons. The standard InChI is InChI=1S/C14H16ClN3O3/c1-14(2,3)17-8-13-16-7-12(21-13)9-4-10(15)6-11(5-9)18(19)20/h4-7,17H,8H2,1-3H3. The Bertz CT molecular complexity index is 662. The zero-order valence-electron chi connectivity index (χ0n) is 12.0. The van der Waals surface area contributed by atoms with E-state index in [4.69, 9.17) is 16.0 Å². The van der Waals surface area contributed by atoms with E-state index in [9.17, 15) is 10.1 Å². The minimum Gasteiger partial charge on any atom is -0.439 e. The molecule has 0 atom stereocenters. The van der Waals surface area contributed by atoms with Crippen molar-refractivity contribution in [2.24, 2.45) is 0 Å². The number of aromatic nitrogens is 1. The highest BCUT2D eigenvalue weighted by atomic mass is 35.5. The van der Waals surface area contributed by atoms with Gasteiger partial charge in [-0.3, -0.25) is 10.1 Å². The summed E-state index contributed by atoms with van der Waals surface area (Å²) in [6.45, 7) is 6.59. The Balaban J connectivity index is 2.23. The molecule has 0 fully saturated rings. The van der Waals surface area contributed by atoms with Crippen molar-refractivity contribution in [1.82, 2.24) is 10.3 Å². The van der Waals surface area contributed by atoms with Crippen LogP contribution in [0.15, 0.2) is 28.8 Å². The predicted molar refractivity (Wildman–Crippen MR) is 80.2 cm³/mol. The molecule has 1 heterocycles. The number of rotatable bonds is 4. The topological polar surface area (TPSA) is 81.2 Å². The van der Waals surface area contributed by atoms with Gasteiger partial charge in [-0.2, -0.15) is 0 Å². The highest BCUT2D eigenvalue weighted by Crippen LogP contribution is 2.28. The molecule has 21 heavy (non-hydrogen) atoms. The fourth-order valence-electron chi connectivity index (χ4n) is 1.69. The molecule has 0 aliphatic carbocycles. The highest BCUT2D eigenvalue weighted by molar-refractivity contribution is 6.31. The maximum atomic E-state index is 10.8. The molecule has 0 amide bonds. The molecule has 0 aliphatic heterocycles. The lowest BCUT2D eigenvalue weighted by atomic mass is 10.1. The summed E-state index contributed by atoms with van der Waals surface area (Å²) in [5, 5.41) is 14.4. The molecule has 0 saturated carbocycles. The van der Waals surface area contributed by atoms with Crippen molar-refractivity contribution in [1.29, 1.82) is 0 Å². The van der Waals surface area contributed by atoms with Crippen LogP contribution in [0.5, 0.6) is 0 Å². The minimum atomic E-state index is -0.492. The van der Waals surface area contributed by atoms with Crippen LogP contribution in [0.3, 0.4) is 0 Å². The largest absolute Gasteiger partial charge is 0.439 e. The number of nitrogens with one attached hydrogen (secondary N) is 1. The molecule has 0 aliphatic rings. The van der Waals surface area contributed by atoms with E-state index in [0.717, 1.165) is 0 Å². The molecule has 0 bridgehead atoms. The molecule has 1 aromatic carbocycles. The first-order valence-electron chi connectivity index (χ1n) is 6.40. The Morgan fingerprint density at radius 1 is 1.38 bits per heavy atom. The lowest BCUT2D eigenvalue weighted by Gasteiger charge is -2.18. The molecule has 1 aromatic heterocycles. The van der Waals surface area contributed by atoms with Crippen molar-refractivity contribution in [3.8, 4) is 11.3 Å². The van der Waals surface area contributed by atoms with Gasteiger partial charge in [0, 0.05) is 28.3 Å². The van der Waals surface area contributed by atoms with Gasteiger partial charge in [0.1, 0.15) is 0 Å². The third kappa shape index (κ3) is 4.27. The van der Waals surface area contributed by atoms with Crippen LogP contribution in [0, 0.1) is 10.1 Å². The summed E-state index contributed by atoms with van der Waals surface area (Å²) in [5.41, 5.74) is 0.399. The van der Waals surface area contributed by atoms with Gasteiger partial charge in [0.05, 0.1) is 17.7 Å². The first-order chi connectivity index (χ1) is 9.74. The lowest BCUT2D eigenvalue weighted by Crippen LogP contribution is -2.35. The Kier molecular flexibility index (Phi) is 4.29. The summed E-state index contributed by atoms with van der Waals surface area (Å²) in [6, 6.07) is 4.31. The van der Waals surface area contributed by atoms with Gasteiger partial charge in [0.2, 0.25) is 5.89 Å². The van der Waals surface area contributed by atoms with Crippen molar-refractivity contribution in [2.75, 3.05) is 0 Å². The molecule has 1 N–H and O–H groups in total. The van der Waals surface area contributed by atoms with Crippen LogP contribution in [0.4, 0.5) is 5.69 Å². The third-order valence-electron chi connectivity index (χ3n) is 2.70. The van der Waals surface area contributed by atoms with Crippen molar-refractivity contribution >= 4 is 17.3 Å². The average Bonchev–Trinajstić information content (AvgIpc) is 2.83. The molecule has 0 radical (unpaired) electrons. The number of hydrogen-bond donors (Lipinski definition) is 1. The molecule has 2 rings (SSSR count). The normalized spacial score (nSPS) is 11.6. The number of non-ortho nitro benzene ring substituents is 1. The van der Waals surface area contributed by atoms with E-state index in [0.29, 0.717) is 23.8 Å². The minimum absolute atomic E-state index is 0.0521. The van der Waals surface area contributed by atoms with E-state index < -0.39 is 4.92 Å². The van der Waals surface area contributed by atoms with Crippen LogP contribution >= 0.6 is 11.6 Å². The monoisotopic (exact) mass is 309 g/mol. The van der Waals surface area contributed by atoms with E-state index in [-0.39, 0.29) is 16.2 Å². The second-order valence-electron chi connectivity index (χ2n) is 5.68.